The molecule has 140 valence electrons. The number of benzene rings is 2. The third kappa shape index (κ3) is 4.83. The molecule has 8 nitrogen and oxygen atoms in total. The molecule has 2 N–H and O–H groups in total. The number of hydrogen-bond donors (Lipinski definition) is 2. The highest BCUT2D eigenvalue weighted by molar-refractivity contribution is 7.90. The van der Waals surface area contributed by atoms with Gasteiger partial charge in [-0.2, -0.15) is 4.98 Å². The first-order chi connectivity index (χ1) is 12.8. The molecule has 3 rings (SSSR count). The molecule has 2 aromatic carbocycles. The third-order valence-electron chi connectivity index (χ3n) is 3.49. The number of hydrogen-bond acceptors (Lipinski definition) is 6. The highest BCUT2D eigenvalue weighted by Crippen LogP contribution is 2.20. The zero-order chi connectivity index (χ0) is 19.4. The van der Waals surface area contributed by atoms with Crippen molar-refractivity contribution in [1.82, 2.24) is 14.9 Å². The number of rotatable bonds is 5. The van der Waals surface area contributed by atoms with E-state index in [1.165, 1.54) is 18.2 Å². The number of aryl methyl sites for hydroxylation is 1. The second-order valence-electron chi connectivity index (χ2n) is 5.67. The average Bonchev–Trinajstić information content (AvgIpc) is 3.01. The largest absolute Gasteiger partial charge is 0.336 e. The van der Waals surface area contributed by atoms with Crippen LogP contribution in [0.15, 0.2) is 57.9 Å². The van der Waals surface area contributed by atoms with E-state index in [0.717, 1.165) is 11.1 Å². The molecule has 0 saturated heterocycles. The van der Waals surface area contributed by atoms with Crippen molar-refractivity contribution in [2.24, 2.45) is 0 Å². The predicted octanol–water partition coefficient (Wildman–Crippen LogP) is 3.13. The van der Waals surface area contributed by atoms with Crippen molar-refractivity contribution < 1.29 is 17.7 Å². The SMILES string of the molecule is Cc1cccc(Cc2noc(NC(=O)NS(=O)(=O)c3ccccc3Cl)n2)c1. The summed E-state index contributed by atoms with van der Waals surface area (Å²) in [4.78, 5) is 15.8. The van der Waals surface area contributed by atoms with E-state index in [2.05, 4.69) is 15.5 Å². The highest BCUT2D eigenvalue weighted by Gasteiger charge is 2.21. The van der Waals surface area contributed by atoms with Gasteiger partial charge in [-0.05, 0) is 24.6 Å². The van der Waals surface area contributed by atoms with E-state index in [0.29, 0.717) is 12.2 Å². The molecule has 10 heteroatoms. The Bertz CT molecular complexity index is 1080. The lowest BCUT2D eigenvalue weighted by Gasteiger charge is -2.07. The Hall–Kier alpha value is -2.91. The van der Waals surface area contributed by atoms with Crippen LogP contribution in [0.2, 0.25) is 5.02 Å². The number of sulfonamides is 1. The van der Waals surface area contributed by atoms with Gasteiger partial charge in [0, 0.05) is 6.42 Å². The first-order valence-corrected chi connectivity index (χ1v) is 9.66. The first kappa shape index (κ1) is 18.9. The maximum atomic E-state index is 12.2. The fraction of sp³-hybridized carbons (Fsp3) is 0.118. The molecule has 2 amide bonds. The molecule has 1 aromatic heterocycles. The zero-order valence-corrected chi connectivity index (χ0v) is 15.7. The van der Waals surface area contributed by atoms with Crippen molar-refractivity contribution >= 4 is 33.7 Å². The normalized spacial score (nSPS) is 11.2. The molecule has 1 heterocycles. The molecule has 0 unspecified atom stereocenters. The number of carbonyl (C=O) groups excluding carboxylic acids is 1. The number of aromatic nitrogens is 2. The molecule has 0 fully saturated rings. The Morgan fingerprint density at radius 2 is 1.96 bits per heavy atom. The molecule has 0 radical (unpaired) electrons. The number of amides is 2. The van der Waals surface area contributed by atoms with Crippen LogP contribution in [0.3, 0.4) is 0 Å². The standard InChI is InChI=1S/C17H15ClN4O4S/c1-11-5-4-6-12(9-11)10-15-19-17(26-21-15)20-16(23)22-27(24,25)14-8-3-2-7-13(14)18/h2-9H,10H2,1H3,(H2,19,20,21,22,23). The number of anilines is 1. The first-order valence-electron chi connectivity index (χ1n) is 7.80. The fourth-order valence-corrected chi connectivity index (χ4v) is 3.77. The molecular weight excluding hydrogens is 392 g/mol. The van der Waals surface area contributed by atoms with Crippen molar-refractivity contribution in [2.45, 2.75) is 18.2 Å². The summed E-state index contributed by atoms with van der Waals surface area (Å²) in [5.74, 6) is 0.352. The van der Waals surface area contributed by atoms with Crippen LogP contribution in [0.1, 0.15) is 17.0 Å². The van der Waals surface area contributed by atoms with Crippen LogP contribution in [-0.2, 0) is 16.4 Å². The monoisotopic (exact) mass is 406 g/mol. The number of nitrogens with zero attached hydrogens (tertiary/aromatic N) is 2. The summed E-state index contributed by atoms with van der Waals surface area (Å²) in [5, 5.41) is 5.95. The number of urea groups is 1. The molecule has 0 aliphatic carbocycles. The van der Waals surface area contributed by atoms with E-state index in [-0.39, 0.29) is 15.9 Å². The molecule has 0 saturated carbocycles. The van der Waals surface area contributed by atoms with Crippen molar-refractivity contribution in [3.63, 3.8) is 0 Å². The molecular formula is C17H15ClN4O4S. The van der Waals surface area contributed by atoms with Gasteiger partial charge in [0.1, 0.15) is 4.90 Å². The Kier molecular flexibility index (Phi) is 5.43. The van der Waals surface area contributed by atoms with E-state index in [4.69, 9.17) is 16.1 Å². The summed E-state index contributed by atoms with van der Waals surface area (Å²) >= 11 is 5.85. The Balaban J connectivity index is 1.65. The van der Waals surface area contributed by atoms with Gasteiger partial charge in [-0.25, -0.2) is 17.9 Å². The lowest BCUT2D eigenvalue weighted by Crippen LogP contribution is -2.34. The minimum absolute atomic E-state index is 0.00367. The fourth-order valence-electron chi connectivity index (χ4n) is 2.34. The number of carbonyl (C=O) groups is 1. The van der Waals surface area contributed by atoms with Gasteiger partial charge in [-0.1, -0.05) is 58.7 Å². The summed E-state index contributed by atoms with van der Waals surface area (Å²) in [6, 6.07) is 12.3. The van der Waals surface area contributed by atoms with Crippen LogP contribution in [0.25, 0.3) is 0 Å². The summed E-state index contributed by atoms with van der Waals surface area (Å²) in [6.45, 7) is 1.97. The van der Waals surface area contributed by atoms with Crippen molar-refractivity contribution in [1.29, 1.82) is 0 Å². The van der Waals surface area contributed by atoms with Gasteiger partial charge in [-0.3, -0.25) is 5.32 Å². The van der Waals surface area contributed by atoms with Crippen LogP contribution < -0.4 is 10.0 Å². The third-order valence-corrected chi connectivity index (χ3v) is 5.32. The van der Waals surface area contributed by atoms with Crippen LogP contribution in [0.5, 0.6) is 0 Å². The van der Waals surface area contributed by atoms with Crippen molar-refractivity contribution in [2.75, 3.05) is 5.32 Å². The van der Waals surface area contributed by atoms with Crippen LogP contribution >= 0.6 is 11.6 Å². The van der Waals surface area contributed by atoms with Crippen LogP contribution in [0.4, 0.5) is 10.8 Å². The summed E-state index contributed by atoms with van der Waals surface area (Å²) in [6.07, 6.45) is 0.409. The Morgan fingerprint density at radius 1 is 1.19 bits per heavy atom. The highest BCUT2D eigenvalue weighted by atomic mass is 35.5. The van der Waals surface area contributed by atoms with E-state index in [1.54, 1.807) is 6.07 Å². The minimum Gasteiger partial charge on any atom is -0.315 e. The van der Waals surface area contributed by atoms with Gasteiger partial charge >= 0.3 is 12.0 Å². The minimum atomic E-state index is -4.14. The molecule has 0 spiro atoms. The molecule has 0 aliphatic heterocycles. The van der Waals surface area contributed by atoms with Gasteiger partial charge < -0.3 is 4.52 Å². The Morgan fingerprint density at radius 3 is 2.70 bits per heavy atom. The lowest BCUT2D eigenvalue weighted by molar-refractivity contribution is 0.255. The van der Waals surface area contributed by atoms with E-state index < -0.39 is 16.1 Å². The maximum absolute atomic E-state index is 12.2. The number of nitrogens with one attached hydrogen (secondary N) is 2. The quantitative estimate of drug-likeness (QED) is 0.672. The van der Waals surface area contributed by atoms with E-state index >= 15 is 0 Å². The average molecular weight is 407 g/mol. The van der Waals surface area contributed by atoms with E-state index in [1.807, 2.05) is 35.9 Å². The molecule has 0 bridgehead atoms. The van der Waals surface area contributed by atoms with Gasteiger partial charge in [0.05, 0.1) is 5.02 Å². The van der Waals surface area contributed by atoms with Gasteiger partial charge in [0.2, 0.25) is 0 Å². The molecule has 3 aromatic rings. The van der Waals surface area contributed by atoms with Crippen LogP contribution in [-0.4, -0.2) is 24.6 Å². The molecule has 0 atom stereocenters. The van der Waals surface area contributed by atoms with Gasteiger partial charge in [-0.15, -0.1) is 0 Å². The number of halogens is 1. The lowest BCUT2D eigenvalue weighted by atomic mass is 10.1. The molecule has 0 aliphatic rings. The summed E-state index contributed by atoms with van der Waals surface area (Å²) < 4.78 is 31.2. The van der Waals surface area contributed by atoms with Crippen LogP contribution in [0, 0.1) is 6.92 Å². The smallest absolute Gasteiger partial charge is 0.315 e. The maximum Gasteiger partial charge on any atom is 0.336 e. The second kappa shape index (κ2) is 7.77. The van der Waals surface area contributed by atoms with Gasteiger partial charge in [0.25, 0.3) is 10.0 Å². The summed E-state index contributed by atoms with van der Waals surface area (Å²) in [7, 11) is -4.14. The zero-order valence-electron chi connectivity index (χ0n) is 14.1. The van der Waals surface area contributed by atoms with Gasteiger partial charge in [0.15, 0.2) is 5.82 Å². The topological polar surface area (TPSA) is 114 Å². The summed E-state index contributed by atoms with van der Waals surface area (Å²) in [5.41, 5.74) is 2.08. The molecule has 27 heavy (non-hydrogen) atoms. The van der Waals surface area contributed by atoms with Crippen molar-refractivity contribution in [3.05, 3.63) is 70.5 Å². The van der Waals surface area contributed by atoms with Crippen molar-refractivity contribution in [3.8, 4) is 0 Å². The second-order valence-corrected chi connectivity index (χ2v) is 7.73. The predicted molar refractivity (Wildman–Crippen MR) is 99.1 cm³/mol. The van der Waals surface area contributed by atoms with E-state index in [9.17, 15) is 13.2 Å². The Labute approximate surface area is 160 Å².